The first-order valence-electron chi connectivity index (χ1n) is 4.09. The van der Waals surface area contributed by atoms with Gasteiger partial charge in [-0.1, -0.05) is 13.3 Å². The minimum Gasteiger partial charge on any atom is -0.327 e. The summed E-state index contributed by atoms with van der Waals surface area (Å²) in [4.78, 5) is 0. The van der Waals surface area contributed by atoms with Gasteiger partial charge in [0, 0.05) is 12.6 Å². The molecule has 1 saturated carbocycles. The Morgan fingerprint density at radius 3 is 2.80 bits per heavy atom. The summed E-state index contributed by atoms with van der Waals surface area (Å²) in [6, 6.07) is 0.417. The van der Waals surface area contributed by atoms with Crippen LogP contribution in [0.15, 0.2) is 0 Å². The van der Waals surface area contributed by atoms with Crippen molar-refractivity contribution >= 4 is 0 Å². The van der Waals surface area contributed by atoms with Gasteiger partial charge in [0.15, 0.2) is 0 Å². The van der Waals surface area contributed by atoms with Gasteiger partial charge in [0.25, 0.3) is 0 Å². The third-order valence-corrected chi connectivity index (χ3v) is 2.74. The summed E-state index contributed by atoms with van der Waals surface area (Å²) in [6.07, 6.45) is 3.80. The molecule has 0 saturated heterocycles. The number of nitrogens with two attached hydrogens (primary N) is 1. The Labute approximate surface area is 63.2 Å². The van der Waals surface area contributed by atoms with Gasteiger partial charge in [0.2, 0.25) is 0 Å². The van der Waals surface area contributed by atoms with E-state index in [0.717, 1.165) is 6.54 Å². The van der Waals surface area contributed by atoms with Crippen LogP contribution in [-0.4, -0.2) is 19.6 Å². The van der Waals surface area contributed by atoms with Gasteiger partial charge in [0.05, 0.1) is 0 Å². The molecule has 2 heteroatoms. The second-order valence-electron chi connectivity index (χ2n) is 3.68. The van der Waals surface area contributed by atoms with Crippen LogP contribution in [0.1, 0.15) is 26.2 Å². The Bertz CT molecular complexity index is 114. The summed E-state index contributed by atoms with van der Waals surface area (Å²) in [5.74, 6) is 0. The zero-order chi connectivity index (χ0) is 7.61. The van der Waals surface area contributed by atoms with Crippen molar-refractivity contribution in [1.29, 1.82) is 0 Å². The van der Waals surface area contributed by atoms with E-state index in [2.05, 4.69) is 12.2 Å². The summed E-state index contributed by atoms with van der Waals surface area (Å²) in [7, 11) is 2.00. The molecule has 0 aromatic heterocycles. The van der Waals surface area contributed by atoms with Crippen molar-refractivity contribution in [1.82, 2.24) is 5.32 Å². The van der Waals surface area contributed by atoms with Crippen LogP contribution in [-0.2, 0) is 0 Å². The lowest BCUT2D eigenvalue weighted by Gasteiger charge is -2.28. The Morgan fingerprint density at radius 1 is 1.70 bits per heavy atom. The lowest BCUT2D eigenvalue weighted by Crippen LogP contribution is -2.41. The molecule has 2 atom stereocenters. The normalized spacial score (nSPS) is 40.5. The van der Waals surface area contributed by atoms with Gasteiger partial charge >= 0.3 is 0 Å². The van der Waals surface area contributed by atoms with Crippen molar-refractivity contribution in [3.63, 3.8) is 0 Å². The molecule has 0 aromatic rings. The van der Waals surface area contributed by atoms with E-state index in [-0.39, 0.29) is 0 Å². The molecular formula is C8H18N2. The van der Waals surface area contributed by atoms with E-state index in [4.69, 9.17) is 5.73 Å². The third kappa shape index (κ3) is 1.32. The molecule has 0 aliphatic heterocycles. The highest BCUT2D eigenvalue weighted by Crippen LogP contribution is 2.35. The molecule has 10 heavy (non-hydrogen) atoms. The van der Waals surface area contributed by atoms with Crippen LogP contribution >= 0.6 is 0 Å². The molecule has 1 fully saturated rings. The molecule has 0 heterocycles. The Hall–Kier alpha value is -0.0800. The minimum absolute atomic E-state index is 0.370. The molecule has 0 bridgehead atoms. The molecule has 0 unspecified atom stereocenters. The second-order valence-corrected chi connectivity index (χ2v) is 3.68. The Kier molecular flexibility index (Phi) is 2.32. The fraction of sp³-hybridized carbons (Fsp3) is 1.00. The van der Waals surface area contributed by atoms with E-state index in [9.17, 15) is 0 Å². The van der Waals surface area contributed by atoms with E-state index < -0.39 is 0 Å². The third-order valence-electron chi connectivity index (χ3n) is 2.74. The standard InChI is InChI=1S/C8H18N2/c1-8(6-10-2)5-3-4-7(8)9/h7,10H,3-6,9H2,1-2H3/t7-,8+/m0/s1. The highest BCUT2D eigenvalue weighted by Gasteiger charge is 2.35. The van der Waals surface area contributed by atoms with Crippen molar-refractivity contribution in [3.05, 3.63) is 0 Å². The van der Waals surface area contributed by atoms with E-state index in [1.54, 1.807) is 0 Å². The van der Waals surface area contributed by atoms with Gasteiger partial charge in [0.1, 0.15) is 0 Å². The van der Waals surface area contributed by atoms with Crippen LogP contribution in [0.5, 0.6) is 0 Å². The SMILES string of the molecule is CNC[C@@]1(C)CCC[C@@H]1N. The van der Waals surface area contributed by atoms with Crippen molar-refractivity contribution in [3.8, 4) is 0 Å². The molecule has 1 aliphatic carbocycles. The van der Waals surface area contributed by atoms with Crippen molar-refractivity contribution in [2.75, 3.05) is 13.6 Å². The monoisotopic (exact) mass is 142 g/mol. The molecule has 3 N–H and O–H groups in total. The van der Waals surface area contributed by atoms with Crippen LogP contribution in [0.3, 0.4) is 0 Å². The molecule has 2 nitrogen and oxygen atoms in total. The smallest absolute Gasteiger partial charge is 0.0105 e. The largest absolute Gasteiger partial charge is 0.327 e. The molecular weight excluding hydrogens is 124 g/mol. The number of hydrogen-bond donors (Lipinski definition) is 2. The topological polar surface area (TPSA) is 38.0 Å². The van der Waals surface area contributed by atoms with Gasteiger partial charge in [-0.2, -0.15) is 0 Å². The van der Waals surface area contributed by atoms with Gasteiger partial charge < -0.3 is 11.1 Å². The number of hydrogen-bond acceptors (Lipinski definition) is 2. The highest BCUT2D eigenvalue weighted by molar-refractivity contribution is 4.92. The van der Waals surface area contributed by atoms with Gasteiger partial charge in [-0.05, 0) is 25.3 Å². The Balaban J connectivity index is 2.48. The number of rotatable bonds is 2. The van der Waals surface area contributed by atoms with E-state index in [1.165, 1.54) is 19.3 Å². The molecule has 0 amide bonds. The molecule has 1 aliphatic rings. The summed E-state index contributed by atoms with van der Waals surface area (Å²) < 4.78 is 0. The zero-order valence-electron chi connectivity index (χ0n) is 6.98. The van der Waals surface area contributed by atoms with Gasteiger partial charge in [-0.25, -0.2) is 0 Å². The summed E-state index contributed by atoms with van der Waals surface area (Å²) in [5.41, 5.74) is 6.33. The lowest BCUT2D eigenvalue weighted by molar-refractivity contribution is 0.286. The maximum Gasteiger partial charge on any atom is 0.0105 e. The highest BCUT2D eigenvalue weighted by atomic mass is 14.9. The zero-order valence-corrected chi connectivity index (χ0v) is 6.98. The fourth-order valence-corrected chi connectivity index (χ4v) is 1.88. The van der Waals surface area contributed by atoms with E-state index in [1.807, 2.05) is 7.05 Å². The van der Waals surface area contributed by atoms with Crippen LogP contribution < -0.4 is 11.1 Å². The van der Waals surface area contributed by atoms with Gasteiger partial charge in [-0.15, -0.1) is 0 Å². The Morgan fingerprint density at radius 2 is 2.40 bits per heavy atom. The van der Waals surface area contributed by atoms with E-state index in [0.29, 0.717) is 11.5 Å². The van der Waals surface area contributed by atoms with Crippen LogP contribution in [0.2, 0.25) is 0 Å². The summed E-state index contributed by atoms with van der Waals surface area (Å²) >= 11 is 0. The first kappa shape index (κ1) is 8.02. The van der Waals surface area contributed by atoms with Crippen LogP contribution in [0.4, 0.5) is 0 Å². The minimum atomic E-state index is 0.370. The van der Waals surface area contributed by atoms with Crippen molar-refractivity contribution in [2.45, 2.75) is 32.2 Å². The molecule has 0 radical (unpaired) electrons. The molecule has 0 spiro atoms. The predicted octanol–water partition coefficient (Wildman–Crippen LogP) is 0.723. The average Bonchev–Trinajstić information content (AvgIpc) is 2.15. The van der Waals surface area contributed by atoms with Gasteiger partial charge in [-0.3, -0.25) is 0 Å². The van der Waals surface area contributed by atoms with E-state index >= 15 is 0 Å². The molecule has 0 aromatic carbocycles. The fourth-order valence-electron chi connectivity index (χ4n) is 1.88. The molecule has 1 rings (SSSR count). The predicted molar refractivity (Wildman–Crippen MR) is 43.9 cm³/mol. The lowest BCUT2D eigenvalue weighted by atomic mass is 9.85. The van der Waals surface area contributed by atoms with Crippen molar-refractivity contribution < 1.29 is 0 Å². The first-order chi connectivity index (χ1) is 4.69. The number of nitrogens with one attached hydrogen (secondary N) is 1. The average molecular weight is 142 g/mol. The summed E-state index contributed by atoms with van der Waals surface area (Å²) in [5, 5.41) is 3.20. The maximum absolute atomic E-state index is 5.96. The van der Waals surface area contributed by atoms with Crippen LogP contribution in [0, 0.1) is 5.41 Å². The molecule has 60 valence electrons. The van der Waals surface area contributed by atoms with Crippen LogP contribution in [0.25, 0.3) is 0 Å². The second kappa shape index (κ2) is 2.89. The summed E-state index contributed by atoms with van der Waals surface area (Å²) in [6.45, 7) is 3.34. The first-order valence-corrected chi connectivity index (χ1v) is 4.09. The quantitative estimate of drug-likeness (QED) is 0.596. The van der Waals surface area contributed by atoms with Crippen molar-refractivity contribution in [2.24, 2.45) is 11.1 Å². The maximum atomic E-state index is 5.96.